The fourth-order valence-electron chi connectivity index (χ4n) is 6.56. The number of phenolic OH excluding ortho intramolecular Hbond substituents is 1. The molecule has 4 rings (SSSR count). The third-order valence-corrected chi connectivity index (χ3v) is 9.70. The van der Waals surface area contributed by atoms with Crippen molar-refractivity contribution in [1.82, 2.24) is 0 Å². The number of hydrogen-bond donors (Lipinski definition) is 2. The van der Waals surface area contributed by atoms with Gasteiger partial charge in [0.25, 0.3) is 5.91 Å². The fourth-order valence-corrected chi connectivity index (χ4v) is 6.56. The summed E-state index contributed by atoms with van der Waals surface area (Å²) in [6.07, 6.45) is 11.2. The molecule has 218 valence electrons. The number of allylic oxidation sites excluding steroid dienone is 1. The number of amides is 1. The van der Waals surface area contributed by atoms with Crippen LogP contribution in [0.25, 0.3) is 11.6 Å². The molecule has 3 aromatic carbocycles. The number of fused-ring (bicyclic) bond motifs is 1. The molecule has 41 heavy (non-hydrogen) atoms. The monoisotopic (exact) mass is 551 g/mol. The number of anilines is 1. The zero-order valence-electron chi connectivity index (χ0n) is 26.2. The third-order valence-electron chi connectivity index (χ3n) is 9.70. The van der Waals surface area contributed by atoms with Crippen molar-refractivity contribution in [1.29, 1.82) is 0 Å². The fraction of sp³-hybridized carbons (Fsp3) is 0.447. The number of aromatic hydroxyl groups is 1. The summed E-state index contributed by atoms with van der Waals surface area (Å²) in [7, 11) is 0. The van der Waals surface area contributed by atoms with E-state index in [2.05, 4.69) is 72.0 Å². The van der Waals surface area contributed by atoms with Gasteiger partial charge in [0.05, 0.1) is 0 Å². The molecule has 3 heteroatoms. The minimum absolute atomic E-state index is 0.124. The van der Waals surface area contributed by atoms with E-state index >= 15 is 0 Å². The molecule has 0 fully saturated rings. The minimum atomic E-state index is -0.165. The highest BCUT2D eigenvalue weighted by molar-refractivity contribution is 6.04. The van der Waals surface area contributed by atoms with Gasteiger partial charge in [-0.25, -0.2) is 0 Å². The lowest BCUT2D eigenvalue weighted by atomic mass is 9.71. The number of phenols is 1. The molecular weight excluding hydrogens is 502 g/mol. The SMILES string of the molecule is CCCCCCCCc1cc2c(cc1C(C)=Cc1ccc(C(=O)Nc3ccc(O)cc3)cc1)C(C)(C)C(C)C2(C)C. The normalized spacial score (nSPS) is 17.3. The molecule has 0 saturated carbocycles. The number of carbonyl (C=O) groups is 1. The van der Waals surface area contributed by atoms with E-state index in [0.717, 1.165) is 12.0 Å². The number of unbranched alkanes of at least 4 members (excludes halogenated alkanes) is 5. The van der Waals surface area contributed by atoms with E-state index in [9.17, 15) is 9.90 Å². The Balaban J connectivity index is 1.59. The van der Waals surface area contributed by atoms with Crippen molar-refractivity contribution in [2.75, 3.05) is 5.32 Å². The van der Waals surface area contributed by atoms with Gasteiger partial charge >= 0.3 is 0 Å². The second-order valence-electron chi connectivity index (χ2n) is 13.2. The van der Waals surface area contributed by atoms with Gasteiger partial charge in [0, 0.05) is 11.3 Å². The number of benzene rings is 3. The van der Waals surface area contributed by atoms with Crippen molar-refractivity contribution < 1.29 is 9.90 Å². The lowest BCUT2D eigenvalue weighted by molar-refractivity contribution is 0.102. The van der Waals surface area contributed by atoms with Crippen LogP contribution in [0.3, 0.4) is 0 Å². The van der Waals surface area contributed by atoms with Crippen molar-refractivity contribution in [3.63, 3.8) is 0 Å². The molecule has 0 aromatic heterocycles. The van der Waals surface area contributed by atoms with Gasteiger partial charge in [-0.3, -0.25) is 4.79 Å². The van der Waals surface area contributed by atoms with Crippen LogP contribution >= 0.6 is 0 Å². The highest BCUT2D eigenvalue weighted by Gasteiger charge is 2.48. The van der Waals surface area contributed by atoms with Crippen LogP contribution < -0.4 is 5.32 Å². The summed E-state index contributed by atoms with van der Waals surface area (Å²) in [4.78, 5) is 12.7. The number of hydrogen-bond acceptors (Lipinski definition) is 2. The molecule has 2 N–H and O–H groups in total. The highest BCUT2D eigenvalue weighted by atomic mass is 16.3. The number of carbonyl (C=O) groups excluding carboxylic acids is 1. The Labute approximate surface area is 248 Å². The van der Waals surface area contributed by atoms with E-state index in [1.54, 1.807) is 24.3 Å². The van der Waals surface area contributed by atoms with Gasteiger partial charge in [-0.15, -0.1) is 0 Å². The first-order valence-corrected chi connectivity index (χ1v) is 15.5. The highest BCUT2D eigenvalue weighted by Crippen LogP contribution is 2.54. The van der Waals surface area contributed by atoms with Crippen LogP contribution in [0.5, 0.6) is 5.75 Å². The van der Waals surface area contributed by atoms with E-state index in [1.165, 1.54) is 66.4 Å². The quantitative estimate of drug-likeness (QED) is 0.141. The first kappa shape index (κ1) is 30.6. The molecule has 0 saturated heterocycles. The molecule has 1 aliphatic carbocycles. The molecule has 0 spiro atoms. The van der Waals surface area contributed by atoms with Crippen LogP contribution in [0.1, 0.15) is 125 Å². The second kappa shape index (κ2) is 12.7. The summed E-state index contributed by atoms with van der Waals surface area (Å²) in [6, 6.07) is 19.3. The van der Waals surface area contributed by atoms with E-state index in [4.69, 9.17) is 0 Å². The van der Waals surface area contributed by atoms with Gasteiger partial charge in [-0.1, -0.05) is 104 Å². The summed E-state index contributed by atoms with van der Waals surface area (Å²) in [5, 5.41) is 12.4. The third kappa shape index (κ3) is 6.77. The molecular formula is C38H49NO2. The van der Waals surface area contributed by atoms with Crippen molar-refractivity contribution >= 4 is 23.2 Å². The zero-order valence-corrected chi connectivity index (χ0v) is 26.2. The Morgan fingerprint density at radius 3 is 2.07 bits per heavy atom. The average molecular weight is 552 g/mol. The van der Waals surface area contributed by atoms with Crippen molar-refractivity contribution in [2.24, 2.45) is 5.92 Å². The maximum Gasteiger partial charge on any atom is 0.255 e. The molecule has 3 aromatic rings. The lowest BCUT2D eigenvalue weighted by Crippen LogP contribution is -2.30. The molecule has 1 unspecified atom stereocenters. The minimum Gasteiger partial charge on any atom is -0.508 e. The Bertz CT molecular complexity index is 1380. The summed E-state index contributed by atoms with van der Waals surface area (Å²) in [5.41, 5.74) is 9.74. The van der Waals surface area contributed by atoms with E-state index in [-0.39, 0.29) is 22.5 Å². The molecule has 0 aliphatic heterocycles. The summed E-state index contributed by atoms with van der Waals surface area (Å²) < 4.78 is 0. The van der Waals surface area contributed by atoms with E-state index < -0.39 is 0 Å². The van der Waals surface area contributed by atoms with Gasteiger partial charge in [0.2, 0.25) is 0 Å². The standard InChI is InChI=1S/C38H49NO2/c1-8-9-10-11-12-13-14-30-24-34-35(38(6,7)27(3)37(34,4)5)25-33(30)26(2)23-28-15-17-29(18-16-28)36(41)39-31-19-21-32(40)22-20-31/h15-25,27,40H,8-14H2,1-7H3,(H,39,41). The van der Waals surface area contributed by atoms with E-state index in [0.29, 0.717) is 17.2 Å². The average Bonchev–Trinajstić information content (AvgIpc) is 3.08. The van der Waals surface area contributed by atoms with Crippen molar-refractivity contribution in [3.8, 4) is 5.75 Å². The first-order valence-electron chi connectivity index (χ1n) is 15.5. The summed E-state index contributed by atoms with van der Waals surface area (Å²) in [5.74, 6) is 0.572. The number of rotatable bonds is 11. The second-order valence-corrected chi connectivity index (χ2v) is 13.2. The molecule has 1 aliphatic rings. The lowest BCUT2D eigenvalue weighted by Gasteiger charge is -2.32. The first-order chi connectivity index (χ1) is 19.4. The predicted molar refractivity (Wildman–Crippen MR) is 175 cm³/mol. The topological polar surface area (TPSA) is 49.3 Å². The number of aryl methyl sites for hydroxylation is 1. The zero-order chi connectivity index (χ0) is 29.8. The smallest absolute Gasteiger partial charge is 0.255 e. The largest absolute Gasteiger partial charge is 0.508 e. The maximum absolute atomic E-state index is 12.7. The van der Waals surface area contributed by atoms with Gasteiger partial charge in [-0.05, 0) is 106 Å². The van der Waals surface area contributed by atoms with Gasteiger partial charge in [-0.2, -0.15) is 0 Å². The Morgan fingerprint density at radius 1 is 0.854 bits per heavy atom. The summed E-state index contributed by atoms with van der Waals surface area (Å²) in [6.45, 7) is 16.6. The number of nitrogens with one attached hydrogen (secondary N) is 1. The molecule has 1 amide bonds. The molecule has 1 atom stereocenters. The van der Waals surface area contributed by atoms with Gasteiger partial charge in [0.15, 0.2) is 0 Å². The van der Waals surface area contributed by atoms with Crippen LogP contribution in [0.15, 0.2) is 60.7 Å². The van der Waals surface area contributed by atoms with Crippen LogP contribution in [-0.4, -0.2) is 11.0 Å². The van der Waals surface area contributed by atoms with Crippen LogP contribution in [0, 0.1) is 5.92 Å². The molecule has 3 nitrogen and oxygen atoms in total. The molecule has 0 heterocycles. The predicted octanol–water partition coefficient (Wildman–Crippen LogP) is 10.3. The van der Waals surface area contributed by atoms with Crippen molar-refractivity contribution in [2.45, 2.75) is 104 Å². The van der Waals surface area contributed by atoms with Gasteiger partial charge < -0.3 is 10.4 Å². The Hall–Kier alpha value is -3.33. The Kier molecular flexibility index (Phi) is 9.47. The van der Waals surface area contributed by atoms with Crippen molar-refractivity contribution in [3.05, 3.63) is 94.0 Å². The molecule has 0 radical (unpaired) electrons. The molecule has 0 bridgehead atoms. The van der Waals surface area contributed by atoms with Gasteiger partial charge in [0.1, 0.15) is 5.75 Å². The van der Waals surface area contributed by atoms with E-state index in [1.807, 2.05) is 24.3 Å². The van der Waals surface area contributed by atoms with Crippen LogP contribution in [-0.2, 0) is 17.3 Å². The summed E-state index contributed by atoms with van der Waals surface area (Å²) >= 11 is 0. The van der Waals surface area contributed by atoms with Crippen LogP contribution in [0.2, 0.25) is 0 Å². The van der Waals surface area contributed by atoms with Crippen LogP contribution in [0.4, 0.5) is 5.69 Å². The Morgan fingerprint density at radius 2 is 1.44 bits per heavy atom. The maximum atomic E-state index is 12.7.